The molecular weight excluding hydrogens is 344 g/mol. The van der Waals surface area contributed by atoms with Crippen LogP contribution in [0.3, 0.4) is 0 Å². The van der Waals surface area contributed by atoms with Gasteiger partial charge in [0.05, 0.1) is 18.4 Å². The zero-order valence-corrected chi connectivity index (χ0v) is 14.3. The fourth-order valence-corrected chi connectivity index (χ4v) is 2.90. The number of benzene rings is 2. The minimum atomic E-state index is -0.624. The molecule has 0 unspecified atom stereocenters. The summed E-state index contributed by atoms with van der Waals surface area (Å²) in [5.41, 5.74) is 9.13. The lowest BCUT2D eigenvalue weighted by Crippen LogP contribution is -2.11. The number of rotatable bonds is 3. The van der Waals surface area contributed by atoms with Gasteiger partial charge >= 0.3 is 5.97 Å². The first-order chi connectivity index (χ1) is 13.1. The van der Waals surface area contributed by atoms with Crippen molar-refractivity contribution in [3.8, 4) is 23.2 Å². The smallest absolute Gasteiger partial charge is 0.357 e. The summed E-state index contributed by atoms with van der Waals surface area (Å²) in [7, 11) is 1.26. The number of carbonyl (C=O) groups excluding carboxylic acids is 1. The van der Waals surface area contributed by atoms with E-state index in [4.69, 9.17) is 14.9 Å². The van der Waals surface area contributed by atoms with Crippen LogP contribution >= 0.6 is 0 Å². The van der Waals surface area contributed by atoms with E-state index in [-0.39, 0.29) is 16.9 Å². The Balaban J connectivity index is 1.86. The maximum atomic E-state index is 12.2. The summed E-state index contributed by atoms with van der Waals surface area (Å²) in [6, 6.07) is 16.7. The number of nitrogens with two attached hydrogens (primary N) is 1. The molecule has 2 heterocycles. The summed E-state index contributed by atoms with van der Waals surface area (Å²) in [5, 5.41) is 9.25. The van der Waals surface area contributed by atoms with Crippen molar-refractivity contribution in [2.45, 2.75) is 0 Å². The Morgan fingerprint density at radius 1 is 1.26 bits per heavy atom. The van der Waals surface area contributed by atoms with Crippen LogP contribution in [0.5, 0.6) is 0 Å². The van der Waals surface area contributed by atoms with Crippen LogP contribution in [-0.2, 0) is 4.74 Å². The molecule has 2 aromatic carbocycles. The van der Waals surface area contributed by atoms with Crippen LogP contribution < -0.4 is 5.73 Å². The van der Waals surface area contributed by atoms with Crippen molar-refractivity contribution in [1.82, 2.24) is 9.55 Å². The lowest BCUT2D eigenvalue weighted by atomic mass is 10.2. The lowest BCUT2D eigenvalue weighted by Gasteiger charge is -2.09. The van der Waals surface area contributed by atoms with Gasteiger partial charge in [-0.05, 0) is 30.3 Å². The topological polar surface area (TPSA) is 107 Å². The zero-order chi connectivity index (χ0) is 19.0. The average molecular weight is 358 g/mol. The first kappa shape index (κ1) is 16.4. The predicted octanol–water partition coefficient (Wildman–Crippen LogP) is 3.53. The number of nitrogen functional groups attached to an aromatic ring is 1. The largest absolute Gasteiger partial charge is 0.464 e. The summed E-state index contributed by atoms with van der Waals surface area (Å²) < 4.78 is 12.2. The van der Waals surface area contributed by atoms with E-state index in [1.54, 1.807) is 12.1 Å². The Morgan fingerprint density at radius 3 is 2.81 bits per heavy atom. The summed E-state index contributed by atoms with van der Waals surface area (Å²) in [4.78, 5) is 16.7. The van der Waals surface area contributed by atoms with Gasteiger partial charge in [0.1, 0.15) is 11.6 Å². The normalized spacial score (nSPS) is 10.7. The number of nitrogens with zero attached hydrogens (tertiary/aromatic N) is 3. The highest BCUT2D eigenvalue weighted by molar-refractivity contribution is 5.96. The highest BCUT2D eigenvalue weighted by Gasteiger charge is 2.22. The van der Waals surface area contributed by atoms with Gasteiger partial charge in [0.25, 0.3) is 0 Å². The molecule has 0 amide bonds. The van der Waals surface area contributed by atoms with E-state index < -0.39 is 5.97 Å². The van der Waals surface area contributed by atoms with Crippen LogP contribution in [0.2, 0.25) is 0 Å². The fourth-order valence-electron chi connectivity index (χ4n) is 2.90. The molecule has 0 aliphatic rings. The molecule has 0 bridgehead atoms. The third-order valence-corrected chi connectivity index (χ3v) is 4.21. The quantitative estimate of drug-likeness (QED) is 0.561. The molecule has 7 heteroatoms. The second kappa shape index (κ2) is 6.35. The van der Waals surface area contributed by atoms with Crippen LogP contribution in [0.1, 0.15) is 16.1 Å². The van der Waals surface area contributed by atoms with Gasteiger partial charge in [-0.3, -0.25) is 0 Å². The van der Waals surface area contributed by atoms with Crippen LogP contribution in [0.15, 0.2) is 59.1 Å². The zero-order valence-electron chi connectivity index (χ0n) is 14.3. The molecule has 0 saturated heterocycles. The molecule has 0 atom stereocenters. The van der Waals surface area contributed by atoms with Crippen molar-refractivity contribution in [3.05, 3.63) is 66.0 Å². The maximum Gasteiger partial charge on any atom is 0.357 e. The molecule has 4 aromatic rings. The molecular formula is C20H14N4O3. The van der Waals surface area contributed by atoms with E-state index in [2.05, 4.69) is 4.98 Å². The average Bonchev–Trinajstić information content (AvgIpc) is 3.28. The Morgan fingerprint density at radius 2 is 2.07 bits per heavy atom. The van der Waals surface area contributed by atoms with Gasteiger partial charge in [-0.15, -0.1) is 0 Å². The molecule has 0 spiro atoms. The Hall–Kier alpha value is -4.05. The number of hydrogen-bond donors (Lipinski definition) is 1. The Kier molecular flexibility index (Phi) is 3.86. The summed E-state index contributed by atoms with van der Waals surface area (Å²) >= 11 is 0. The molecule has 132 valence electrons. The summed E-state index contributed by atoms with van der Waals surface area (Å²) in [5.74, 6) is -0.167. The van der Waals surface area contributed by atoms with Crippen molar-refractivity contribution in [2.75, 3.05) is 12.8 Å². The SMILES string of the molecule is COC(=O)c1c(N)c(C#N)cn1-c1cccc(-c2nc3ccccc3o2)c1. The van der Waals surface area contributed by atoms with Gasteiger partial charge < -0.3 is 19.5 Å². The number of oxazole rings is 1. The number of fused-ring (bicyclic) bond motifs is 1. The number of ether oxygens (including phenoxy) is 1. The molecule has 27 heavy (non-hydrogen) atoms. The Labute approximate surface area is 154 Å². The highest BCUT2D eigenvalue weighted by atomic mass is 16.5. The van der Waals surface area contributed by atoms with Crippen LogP contribution in [0.4, 0.5) is 5.69 Å². The van der Waals surface area contributed by atoms with E-state index in [0.29, 0.717) is 17.2 Å². The van der Waals surface area contributed by atoms with E-state index in [1.165, 1.54) is 17.9 Å². The number of methoxy groups -OCH3 is 1. The molecule has 0 saturated carbocycles. The van der Waals surface area contributed by atoms with Crippen molar-refractivity contribution >= 4 is 22.8 Å². The van der Waals surface area contributed by atoms with Crippen molar-refractivity contribution in [2.24, 2.45) is 0 Å². The van der Waals surface area contributed by atoms with Crippen molar-refractivity contribution in [3.63, 3.8) is 0 Å². The number of esters is 1. The standard InChI is InChI=1S/C20H14N4O3/c1-26-20(25)18-17(22)13(10-21)11-24(18)14-6-4-5-12(9-14)19-23-15-7-2-3-8-16(15)27-19/h2-9,11H,22H2,1H3. The van der Waals surface area contributed by atoms with Crippen molar-refractivity contribution in [1.29, 1.82) is 5.26 Å². The monoisotopic (exact) mass is 358 g/mol. The molecule has 0 radical (unpaired) electrons. The molecule has 0 fully saturated rings. The highest BCUT2D eigenvalue weighted by Crippen LogP contribution is 2.29. The molecule has 2 aromatic heterocycles. The molecule has 0 aliphatic heterocycles. The molecule has 2 N–H and O–H groups in total. The first-order valence-corrected chi connectivity index (χ1v) is 8.08. The van der Waals surface area contributed by atoms with Gasteiger partial charge in [0.15, 0.2) is 11.3 Å². The molecule has 0 aliphatic carbocycles. The summed E-state index contributed by atoms with van der Waals surface area (Å²) in [6.07, 6.45) is 1.51. The van der Waals surface area contributed by atoms with Gasteiger partial charge in [0, 0.05) is 17.4 Å². The van der Waals surface area contributed by atoms with Crippen LogP contribution in [0.25, 0.3) is 28.2 Å². The minimum Gasteiger partial charge on any atom is -0.464 e. The number of anilines is 1. The van der Waals surface area contributed by atoms with Gasteiger partial charge in [-0.1, -0.05) is 18.2 Å². The third-order valence-electron chi connectivity index (χ3n) is 4.21. The summed E-state index contributed by atoms with van der Waals surface area (Å²) in [6.45, 7) is 0. The number of aromatic nitrogens is 2. The van der Waals surface area contributed by atoms with Gasteiger partial charge in [-0.2, -0.15) is 5.26 Å². The van der Waals surface area contributed by atoms with Gasteiger partial charge in [0.2, 0.25) is 5.89 Å². The lowest BCUT2D eigenvalue weighted by molar-refractivity contribution is 0.0593. The number of hydrogen-bond acceptors (Lipinski definition) is 6. The first-order valence-electron chi connectivity index (χ1n) is 8.08. The van der Waals surface area contributed by atoms with Gasteiger partial charge in [-0.25, -0.2) is 9.78 Å². The maximum absolute atomic E-state index is 12.2. The van der Waals surface area contributed by atoms with Crippen molar-refractivity contribution < 1.29 is 13.9 Å². The van der Waals surface area contributed by atoms with Crippen LogP contribution in [0, 0.1) is 11.3 Å². The Bertz CT molecular complexity index is 1180. The second-order valence-electron chi connectivity index (χ2n) is 5.82. The molecule has 7 nitrogen and oxygen atoms in total. The number of para-hydroxylation sites is 2. The van der Waals surface area contributed by atoms with E-state index in [1.807, 2.05) is 42.5 Å². The molecule has 4 rings (SSSR count). The van der Waals surface area contributed by atoms with E-state index >= 15 is 0 Å². The second-order valence-corrected chi connectivity index (χ2v) is 5.82. The minimum absolute atomic E-state index is 0.0802. The third kappa shape index (κ3) is 2.69. The van der Waals surface area contributed by atoms with E-state index in [9.17, 15) is 10.1 Å². The van der Waals surface area contributed by atoms with E-state index in [0.717, 1.165) is 11.1 Å². The number of nitriles is 1. The predicted molar refractivity (Wildman–Crippen MR) is 99.2 cm³/mol. The fraction of sp³-hybridized carbons (Fsp3) is 0.0500. The van der Waals surface area contributed by atoms with Crippen LogP contribution in [-0.4, -0.2) is 22.6 Å². The number of carbonyl (C=O) groups is 1.